The van der Waals surface area contributed by atoms with Crippen LogP contribution in [0.25, 0.3) is 0 Å². The fourth-order valence-electron chi connectivity index (χ4n) is 2.53. The van der Waals surface area contributed by atoms with Crippen molar-refractivity contribution in [3.63, 3.8) is 0 Å². The summed E-state index contributed by atoms with van der Waals surface area (Å²) in [4.78, 5) is 0. The number of halogens is 1. The van der Waals surface area contributed by atoms with Crippen molar-refractivity contribution in [3.05, 3.63) is 35.1 Å². The molecule has 1 aromatic rings. The van der Waals surface area contributed by atoms with Crippen LogP contribution in [-0.4, -0.2) is 12.7 Å². The monoisotopic (exact) mass is 251 g/mol. The molecule has 0 saturated carbocycles. The van der Waals surface area contributed by atoms with Gasteiger partial charge in [-0.1, -0.05) is 12.1 Å². The van der Waals surface area contributed by atoms with Crippen LogP contribution in [0.15, 0.2) is 18.2 Å². The Labute approximate surface area is 108 Å². The molecule has 1 saturated heterocycles. The zero-order valence-electron chi connectivity index (χ0n) is 11.0. The standard InChI is InChI=1S/C15H22FNO/c1-11-7-8-13(14(16)10-11)15(17)6-2-4-12-5-3-9-18-12/h7-8,10,12,15H,2-6,9,17H2,1H3. The van der Waals surface area contributed by atoms with Gasteiger partial charge < -0.3 is 10.5 Å². The number of ether oxygens (including phenoxy) is 1. The zero-order valence-corrected chi connectivity index (χ0v) is 11.0. The van der Waals surface area contributed by atoms with Crippen molar-refractivity contribution in [2.24, 2.45) is 5.73 Å². The van der Waals surface area contributed by atoms with Crippen LogP contribution in [0.3, 0.4) is 0 Å². The second-order valence-electron chi connectivity index (χ2n) is 5.20. The van der Waals surface area contributed by atoms with Gasteiger partial charge in [0.2, 0.25) is 0 Å². The van der Waals surface area contributed by atoms with E-state index in [4.69, 9.17) is 10.5 Å². The number of rotatable bonds is 5. The normalized spacial score (nSPS) is 21.2. The van der Waals surface area contributed by atoms with Crippen LogP contribution in [0.2, 0.25) is 0 Å². The Morgan fingerprint density at radius 2 is 2.33 bits per heavy atom. The first kappa shape index (κ1) is 13.5. The average molecular weight is 251 g/mol. The maximum atomic E-state index is 13.7. The van der Waals surface area contributed by atoms with Crippen LogP contribution < -0.4 is 5.73 Å². The summed E-state index contributed by atoms with van der Waals surface area (Å²) in [6.07, 6.45) is 5.59. The molecule has 18 heavy (non-hydrogen) atoms. The number of hydrogen-bond donors (Lipinski definition) is 1. The second-order valence-corrected chi connectivity index (χ2v) is 5.20. The van der Waals surface area contributed by atoms with Crippen molar-refractivity contribution in [1.29, 1.82) is 0 Å². The molecule has 0 aromatic heterocycles. The Bertz CT molecular complexity index is 388. The van der Waals surface area contributed by atoms with E-state index in [-0.39, 0.29) is 11.9 Å². The molecular weight excluding hydrogens is 229 g/mol. The van der Waals surface area contributed by atoms with Crippen molar-refractivity contribution in [3.8, 4) is 0 Å². The molecular formula is C15H22FNO. The Hall–Kier alpha value is -0.930. The fraction of sp³-hybridized carbons (Fsp3) is 0.600. The molecule has 2 N–H and O–H groups in total. The van der Waals surface area contributed by atoms with Crippen molar-refractivity contribution >= 4 is 0 Å². The van der Waals surface area contributed by atoms with Crippen LogP contribution in [-0.2, 0) is 4.74 Å². The molecule has 100 valence electrons. The summed E-state index contributed by atoms with van der Waals surface area (Å²) in [5, 5.41) is 0. The number of hydrogen-bond acceptors (Lipinski definition) is 2. The predicted molar refractivity (Wildman–Crippen MR) is 70.9 cm³/mol. The molecule has 1 heterocycles. The third-order valence-corrected chi connectivity index (χ3v) is 3.62. The zero-order chi connectivity index (χ0) is 13.0. The van der Waals surface area contributed by atoms with Gasteiger partial charge in [0.25, 0.3) is 0 Å². The fourth-order valence-corrected chi connectivity index (χ4v) is 2.53. The Morgan fingerprint density at radius 1 is 1.50 bits per heavy atom. The number of benzene rings is 1. The first-order valence-electron chi connectivity index (χ1n) is 6.80. The van der Waals surface area contributed by atoms with E-state index in [1.165, 1.54) is 6.42 Å². The van der Waals surface area contributed by atoms with Gasteiger partial charge in [-0.2, -0.15) is 0 Å². The summed E-state index contributed by atoms with van der Waals surface area (Å²) < 4.78 is 19.3. The maximum Gasteiger partial charge on any atom is 0.128 e. The van der Waals surface area contributed by atoms with E-state index < -0.39 is 0 Å². The van der Waals surface area contributed by atoms with E-state index in [1.807, 2.05) is 13.0 Å². The SMILES string of the molecule is Cc1ccc(C(N)CCCC2CCCO2)c(F)c1. The summed E-state index contributed by atoms with van der Waals surface area (Å²) in [5.74, 6) is -0.181. The summed E-state index contributed by atoms with van der Waals surface area (Å²) in [6.45, 7) is 2.78. The highest BCUT2D eigenvalue weighted by Gasteiger charge is 2.16. The lowest BCUT2D eigenvalue weighted by Gasteiger charge is -2.15. The van der Waals surface area contributed by atoms with E-state index in [0.717, 1.165) is 37.9 Å². The van der Waals surface area contributed by atoms with Gasteiger partial charge in [-0.05, 0) is 50.7 Å². The first-order valence-corrected chi connectivity index (χ1v) is 6.80. The Balaban J connectivity index is 1.81. The smallest absolute Gasteiger partial charge is 0.128 e. The van der Waals surface area contributed by atoms with Crippen LogP contribution >= 0.6 is 0 Å². The van der Waals surface area contributed by atoms with E-state index in [2.05, 4.69) is 0 Å². The van der Waals surface area contributed by atoms with E-state index in [1.54, 1.807) is 12.1 Å². The molecule has 3 heteroatoms. The molecule has 1 aromatic carbocycles. The average Bonchev–Trinajstić information content (AvgIpc) is 2.81. The van der Waals surface area contributed by atoms with E-state index in [0.29, 0.717) is 11.7 Å². The van der Waals surface area contributed by atoms with Gasteiger partial charge >= 0.3 is 0 Å². The summed E-state index contributed by atoms with van der Waals surface area (Å²) in [7, 11) is 0. The van der Waals surface area contributed by atoms with Crippen molar-refractivity contribution < 1.29 is 9.13 Å². The molecule has 2 atom stereocenters. The van der Waals surface area contributed by atoms with Gasteiger partial charge in [0.1, 0.15) is 5.82 Å². The predicted octanol–water partition coefficient (Wildman–Crippen LogP) is 3.48. The van der Waals surface area contributed by atoms with Gasteiger partial charge in [0, 0.05) is 18.2 Å². The highest BCUT2D eigenvalue weighted by Crippen LogP contribution is 2.23. The highest BCUT2D eigenvalue weighted by atomic mass is 19.1. The lowest BCUT2D eigenvalue weighted by atomic mass is 9.98. The third kappa shape index (κ3) is 3.53. The number of aryl methyl sites for hydroxylation is 1. The molecule has 1 fully saturated rings. The minimum absolute atomic E-state index is 0.181. The van der Waals surface area contributed by atoms with Gasteiger partial charge in [0.15, 0.2) is 0 Å². The topological polar surface area (TPSA) is 35.2 Å². The largest absolute Gasteiger partial charge is 0.378 e. The van der Waals surface area contributed by atoms with Crippen molar-refractivity contribution in [1.82, 2.24) is 0 Å². The van der Waals surface area contributed by atoms with Crippen LogP contribution in [0.1, 0.15) is 49.3 Å². The van der Waals surface area contributed by atoms with E-state index in [9.17, 15) is 4.39 Å². The molecule has 0 radical (unpaired) electrons. The number of nitrogens with two attached hydrogens (primary N) is 1. The van der Waals surface area contributed by atoms with Crippen molar-refractivity contribution in [2.75, 3.05) is 6.61 Å². The summed E-state index contributed by atoms with van der Waals surface area (Å²) in [5.41, 5.74) is 7.62. The Kier molecular flexibility index (Phi) is 4.72. The minimum atomic E-state index is -0.202. The molecule has 2 nitrogen and oxygen atoms in total. The molecule has 2 rings (SSSR count). The lowest BCUT2D eigenvalue weighted by molar-refractivity contribution is 0.101. The van der Waals surface area contributed by atoms with Crippen LogP contribution in [0.5, 0.6) is 0 Å². The van der Waals surface area contributed by atoms with E-state index >= 15 is 0 Å². The first-order chi connectivity index (χ1) is 8.66. The Morgan fingerprint density at radius 3 is 3.00 bits per heavy atom. The summed E-state index contributed by atoms with van der Waals surface area (Å²) in [6, 6.07) is 5.07. The maximum absolute atomic E-state index is 13.7. The van der Waals surface area contributed by atoms with Crippen molar-refractivity contribution in [2.45, 2.75) is 51.2 Å². The lowest BCUT2D eigenvalue weighted by Crippen LogP contribution is -2.13. The van der Waals surface area contributed by atoms with Crippen LogP contribution in [0, 0.1) is 12.7 Å². The van der Waals surface area contributed by atoms with Crippen LogP contribution in [0.4, 0.5) is 4.39 Å². The quantitative estimate of drug-likeness (QED) is 0.869. The molecule has 0 bridgehead atoms. The van der Waals surface area contributed by atoms with Gasteiger partial charge in [0.05, 0.1) is 6.10 Å². The molecule has 2 unspecified atom stereocenters. The molecule has 0 aliphatic carbocycles. The molecule has 0 spiro atoms. The second kappa shape index (κ2) is 6.30. The van der Waals surface area contributed by atoms with Gasteiger partial charge in [-0.15, -0.1) is 0 Å². The molecule has 1 aliphatic heterocycles. The third-order valence-electron chi connectivity index (χ3n) is 3.62. The van der Waals surface area contributed by atoms with Gasteiger partial charge in [-0.25, -0.2) is 4.39 Å². The molecule has 0 amide bonds. The van der Waals surface area contributed by atoms with Gasteiger partial charge in [-0.3, -0.25) is 0 Å². The summed E-state index contributed by atoms with van der Waals surface area (Å²) >= 11 is 0. The minimum Gasteiger partial charge on any atom is -0.378 e. The highest BCUT2D eigenvalue weighted by molar-refractivity contribution is 5.25. The molecule has 1 aliphatic rings.